The van der Waals surface area contributed by atoms with E-state index in [1.807, 2.05) is 0 Å². The Hall–Kier alpha value is -1.82. The molecule has 0 saturated heterocycles. The normalized spacial score (nSPS) is 11.4. The molecule has 0 N–H and O–H groups in total. The molecule has 0 heterocycles. The van der Waals surface area contributed by atoms with Crippen molar-refractivity contribution in [3.05, 3.63) is 35.7 Å². The van der Waals surface area contributed by atoms with Crippen LogP contribution in [0.25, 0.3) is 0 Å². The van der Waals surface area contributed by atoms with Crippen LogP contribution in [0.15, 0.2) is 40.6 Å². The maximum Gasteiger partial charge on any atom is 0.331 e. The van der Waals surface area contributed by atoms with Gasteiger partial charge in [0.25, 0.3) is 0 Å². The minimum absolute atomic E-state index is 0.0528. The highest BCUT2D eigenvalue weighted by atomic mass is 32.2. The van der Waals surface area contributed by atoms with Crippen LogP contribution in [0.4, 0.5) is 0 Å². The predicted molar refractivity (Wildman–Crippen MR) is 61.3 cm³/mol. The number of carbonyl (C=O) groups excluding carboxylic acids is 1. The molecule has 0 aliphatic heterocycles. The van der Waals surface area contributed by atoms with Crippen molar-refractivity contribution in [2.75, 3.05) is 14.2 Å². The molecule has 0 aromatic heterocycles. The molecule has 0 fully saturated rings. The maximum absolute atomic E-state index is 11.8. The van der Waals surface area contributed by atoms with Crippen LogP contribution in [0.5, 0.6) is 5.75 Å². The molecule has 0 unspecified atom stereocenters. The summed E-state index contributed by atoms with van der Waals surface area (Å²) in [5.74, 6) is -0.297. The smallest absolute Gasteiger partial charge is 0.331 e. The molecule has 0 spiro atoms. The Morgan fingerprint density at radius 3 is 2.59 bits per heavy atom. The highest BCUT2D eigenvalue weighted by Crippen LogP contribution is 2.18. The number of benzene rings is 1. The summed E-state index contributed by atoms with van der Waals surface area (Å²) in [6.45, 7) is 0. The lowest BCUT2D eigenvalue weighted by Crippen LogP contribution is -2.00. The first-order valence-corrected chi connectivity index (χ1v) is 6.19. The van der Waals surface area contributed by atoms with Crippen LogP contribution < -0.4 is 4.74 Å². The minimum atomic E-state index is -3.66. The zero-order valence-corrected chi connectivity index (χ0v) is 10.2. The molecule has 1 rings (SSSR count). The van der Waals surface area contributed by atoms with Crippen LogP contribution in [-0.2, 0) is 19.4 Å². The lowest BCUT2D eigenvalue weighted by Gasteiger charge is -2.02. The van der Waals surface area contributed by atoms with Crippen LogP contribution in [0.3, 0.4) is 0 Å². The van der Waals surface area contributed by atoms with Crippen molar-refractivity contribution in [3.63, 3.8) is 0 Å². The first-order chi connectivity index (χ1) is 7.99. The van der Waals surface area contributed by atoms with Gasteiger partial charge in [0.1, 0.15) is 5.75 Å². The lowest BCUT2D eigenvalue weighted by molar-refractivity contribution is -0.134. The third kappa shape index (κ3) is 3.60. The Morgan fingerprint density at radius 1 is 1.29 bits per heavy atom. The second-order valence-corrected chi connectivity index (χ2v) is 4.88. The first-order valence-electron chi connectivity index (χ1n) is 4.65. The SMILES string of the molecule is COC(=O)/C=C/S(=O)(=O)c1cccc(OC)c1. The number of ether oxygens (including phenoxy) is 2. The molecule has 17 heavy (non-hydrogen) atoms. The molecular formula is C11H12O5S. The van der Waals surface area contributed by atoms with Gasteiger partial charge < -0.3 is 9.47 Å². The van der Waals surface area contributed by atoms with Gasteiger partial charge in [-0.25, -0.2) is 13.2 Å². The fourth-order valence-corrected chi connectivity index (χ4v) is 2.07. The van der Waals surface area contributed by atoms with Gasteiger partial charge in [-0.3, -0.25) is 0 Å². The largest absolute Gasteiger partial charge is 0.497 e. The van der Waals surface area contributed by atoms with Crippen LogP contribution in [0.1, 0.15) is 0 Å². The summed E-state index contributed by atoms with van der Waals surface area (Å²) in [6, 6.07) is 5.97. The molecule has 1 aromatic rings. The average molecular weight is 256 g/mol. The number of carbonyl (C=O) groups is 1. The molecular weight excluding hydrogens is 244 g/mol. The monoisotopic (exact) mass is 256 g/mol. The molecule has 0 atom stereocenters. The Kier molecular flexibility index (Phi) is 4.28. The third-order valence-corrected chi connectivity index (χ3v) is 3.36. The summed E-state index contributed by atoms with van der Waals surface area (Å²) in [7, 11) is -1.05. The van der Waals surface area contributed by atoms with Crippen LogP contribution >= 0.6 is 0 Å². The van der Waals surface area contributed by atoms with E-state index < -0.39 is 15.8 Å². The second kappa shape index (κ2) is 5.49. The van der Waals surface area contributed by atoms with Gasteiger partial charge in [0.15, 0.2) is 9.84 Å². The molecule has 1 aromatic carbocycles. The van der Waals surface area contributed by atoms with E-state index in [4.69, 9.17) is 4.74 Å². The number of hydrogen-bond donors (Lipinski definition) is 0. The van der Waals surface area contributed by atoms with Gasteiger partial charge >= 0.3 is 5.97 Å². The predicted octanol–water partition coefficient (Wildman–Crippen LogP) is 1.16. The number of sulfone groups is 1. The summed E-state index contributed by atoms with van der Waals surface area (Å²) < 4.78 is 32.8. The Bertz CT molecular complexity index is 531. The molecule has 92 valence electrons. The number of rotatable bonds is 4. The van der Waals surface area contributed by atoms with Crippen molar-refractivity contribution in [1.82, 2.24) is 0 Å². The van der Waals surface area contributed by atoms with Crippen molar-refractivity contribution in [2.45, 2.75) is 4.90 Å². The van der Waals surface area contributed by atoms with E-state index in [1.165, 1.54) is 26.4 Å². The van der Waals surface area contributed by atoms with Crippen LogP contribution in [-0.4, -0.2) is 28.6 Å². The van der Waals surface area contributed by atoms with Crippen molar-refractivity contribution in [1.29, 1.82) is 0 Å². The molecule has 0 radical (unpaired) electrons. The van der Waals surface area contributed by atoms with Gasteiger partial charge in [-0.2, -0.15) is 0 Å². The second-order valence-electron chi connectivity index (χ2n) is 3.05. The number of methoxy groups -OCH3 is 2. The van der Waals surface area contributed by atoms with Crippen molar-refractivity contribution in [3.8, 4) is 5.75 Å². The summed E-state index contributed by atoms with van der Waals surface area (Å²) in [5.41, 5.74) is 0. The maximum atomic E-state index is 11.8. The summed E-state index contributed by atoms with van der Waals surface area (Å²) in [4.78, 5) is 10.9. The summed E-state index contributed by atoms with van der Waals surface area (Å²) in [6.07, 6.45) is 0.856. The molecule has 0 aliphatic carbocycles. The van der Waals surface area contributed by atoms with Crippen molar-refractivity contribution in [2.24, 2.45) is 0 Å². The van der Waals surface area contributed by atoms with Gasteiger partial charge in [0.05, 0.1) is 19.1 Å². The molecule has 0 aliphatic rings. The third-order valence-electron chi connectivity index (χ3n) is 1.95. The van der Waals surface area contributed by atoms with Crippen LogP contribution in [0, 0.1) is 0 Å². The van der Waals surface area contributed by atoms with Gasteiger partial charge in [0.2, 0.25) is 0 Å². The molecule has 6 heteroatoms. The Balaban J connectivity index is 3.05. The highest BCUT2D eigenvalue weighted by Gasteiger charge is 2.11. The van der Waals surface area contributed by atoms with Gasteiger partial charge in [0, 0.05) is 11.5 Å². The van der Waals surface area contributed by atoms with E-state index >= 15 is 0 Å². The lowest BCUT2D eigenvalue weighted by atomic mass is 10.3. The number of hydrogen-bond acceptors (Lipinski definition) is 5. The highest BCUT2D eigenvalue weighted by molar-refractivity contribution is 7.94. The Morgan fingerprint density at radius 2 is 2.00 bits per heavy atom. The van der Waals surface area contributed by atoms with E-state index in [0.717, 1.165) is 11.5 Å². The summed E-state index contributed by atoms with van der Waals surface area (Å²) in [5, 5.41) is 0.799. The Labute approximate surface area is 99.6 Å². The zero-order valence-electron chi connectivity index (χ0n) is 9.41. The van der Waals surface area contributed by atoms with Gasteiger partial charge in [-0.05, 0) is 18.2 Å². The van der Waals surface area contributed by atoms with Gasteiger partial charge in [-0.1, -0.05) is 6.07 Å². The molecule has 0 amide bonds. The summed E-state index contributed by atoms with van der Waals surface area (Å²) >= 11 is 0. The number of esters is 1. The van der Waals surface area contributed by atoms with E-state index in [2.05, 4.69) is 4.74 Å². The topological polar surface area (TPSA) is 69.7 Å². The first kappa shape index (κ1) is 13.2. The van der Waals surface area contributed by atoms with Crippen LogP contribution in [0.2, 0.25) is 0 Å². The standard InChI is InChI=1S/C11H12O5S/c1-15-9-4-3-5-10(8-9)17(13,14)7-6-11(12)16-2/h3-8H,1-2H3/b7-6+. The molecule has 5 nitrogen and oxygen atoms in total. The van der Waals surface area contributed by atoms with Gasteiger partial charge in [-0.15, -0.1) is 0 Å². The van der Waals surface area contributed by atoms with Crippen molar-refractivity contribution >= 4 is 15.8 Å². The minimum Gasteiger partial charge on any atom is -0.497 e. The fourth-order valence-electron chi connectivity index (χ4n) is 1.07. The average Bonchev–Trinajstić information content (AvgIpc) is 2.36. The molecule has 0 bridgehead atoms. The fraction of sp³-hybridized carbons (Fsp3) is 0.182. The van der Waals surface area contributed by atoms with E-state index in [0.29, 0.717) is 5.75 Å². The van der Waals surface area contributed by atoms with Crippen molar-refractivity contribution < 1.29 is 22.7 Å². The zero-order chi connectivity index (χ0) is 12.9. The van der Waals surface area contributed by atoms with E-state index in [9.17, 15) is 13.2 Å². The molecule has 0 saturated carbocycles. The van der Waals surface area contributed by atoms with E-state index in [1.54, 1.807) is 12.1 Å². The quantitative estimate of drug-likeness (QED) is 0.597. The van der Waals surface area contributed by atoms with E-state index in [-0.39, 0.29) is 4.90 Å².